The molecule has 4 amide bonds. The summed E-state index contributed by atoms with van der Waals surface area (Å²) in [4.78, 5) is 42.1. The molecule has 8 nitrogen and oxygen atoms in total. The number of nitrogens with zero attached hydrogens (tertiary/aromatic N) is 3. The highest BCUT2D eigenvalue weighted by Gasteiger charge is 2.52. The number of hydrogen-bond acceptors (Lipinski definition) is 5. The van der Waals surface area contributed by atoms with Gasteiger partial charge >= 0.3 is 6.03 Å². The largest absolute Gasteiger partial charge is 0.344 e. The first kappa shape index (κ1) is 22.0. The minimum Gasteiger partial charge on any atom is -0.322 e. The second-order valence-electron chi connectivity index (χ2n) is 9.05. The Hall–Kier alpha value is -2.16. The van der Waals surface area contributed by atoms with Gasteiger partial charge in [0.2, 0.25) is 0 Å². The third-order valence-corrected chi connectivity index (χ3v) is 6.89. The Kier molecular flexibility index (Phi) is 6.50. The van der Waals surface area contributed by atoms with E-state index >= 15 is 0 Å². The average molecular weight is 448 g/mol. The highest BCUT2D eigenvalue weighted by molar-refractivity contribution is 6.30. The normalized spacial score (nSPS) is 27.5. The van der Waals surface area contributed by atoms with Crippen LogP contribution >= 0.6 is 11.6 Å². The number of carbonyl (C=O) groups excluding carboxylic acids is 3. The molecule has 0 atom stereocenters. The van der Waals surface area contributed by atoms with Crippen LogP contribution in [0.4, 0.5) is 4.79 Å². The molecule has 1 aromatic rings. The first-order chi connectivity index (χ1) is 14.8. The van der Waals surface area contributed by atoms with Crippen molar-refractivity contribution in [2.75, 3.05) is 32.7 Å². The van der Waals surface area contributed by atoms with Crippen molar-refractivity contribution in [3.63, 3.8) is 0 Å². The molecule has 2 saturated heterocycles. The highest BCUT2D eigenvalue weighted by Crippen LogP contribution is 2.35. The quantitative estimate of drug-likeness (QED) is 0.674. The van der Waals surface area contributed by atoms with Gasteiger partial charge in [0.05, 0.1) is 6.54 Å². The summed E-state index contributed by atoms with van der Waals surface area (Å²) < 4.78 is 0. The molecule has 1 saturated carbocycles. The first-order valence-electron chi connectivity index (χ1n) is 11.0. The van der Waals surface area contributed by atoms with Crippen LogP contribution in [0.15, 0.2) is 24.3 Å². The van der Waals surface area contributed by atoms with E-state index in [-0.39, 0.29) is 18.4 Å². The molecule has 0 aromatic heterocycles. The summed E-state index contributed by atoms with van der Waals surface area (Å²) in [6.07, 6.45) is 3.04. The van der Waals surface area contributed by atoms with Gasteiger partial charge in [0, 0.05) is 37.7 Å². The number of halogens is 1. The van der Waals surface area contributed by atoms with Gasteiger partial charge in [-0.3, -0.25) is 24.8 Å². The van der Waals surface area contributed by atoms with Crippen LogP contribution in [0.1, 0.15) is 38.2 Å². The number of amides is 4. The highest BCUT2D eigenvalue weighted by atomic mass is 35.5. The molecule has 1 spiro atoms. The fourth-order valence-corrected chi connectivity index (χ4v) is 4.89. The molecule has 0 unspecified atom stereocenters. The number of imide groups is 1. The second-order valence-corrected chi connectivity index (χ2v) is 9.49. The smallest absolute Gasteiger partial charge is 0.322 e. The van der Waals surface area contributed by atoms with Gasteiger partial charge < -0.3 is 5.32 Å². The van der Waals surface area contributed by atoms with Crippen molar-refractivity contribution in [3.8, 4) is 0 Å². The third-order valence-electron chi connectivity index (χ3n) is 6.65. The summed E-state index contributed by atoms with van der Waals surface area (Å²) in [5.41, 5.74) is 2.85. The van der Waals surface area contributed by atoms with Gasteiger partial charge in [-0.15, -0.1) is 0 Å². The Morgan fingerprint density at radius 2 is 1.84 bits per heavy atom. The van der Waals surface area contributed by atoms with E-state index in [2.05, 4.69) is 28.6 Å². The van der Waals surface area contributed by atoms with Gasteiger partial charge in [-0.2, -0.15) is 5.01 Å². The predicted octanol–water partition coefficient (Wildman–Crippen LogP) is 1.99. The minimum atomic E-state index is -0.844. The van der Waals surface area contributed by atoms with Crippen LogP contribution in [0.2, 0.25) is 5.02 Å². The second kappa shape index (κ2) is 9.14. The molecule has 4 rings (SSSR count). The molecule has 3 aliphatic rings. The number of carbonyl (C=O) groups is 3. The maximum absolute atomic E-state index is 12.9. The maximum Gasteiger partial charge on any atom is 0.344 e. The lowest BCUT2D eigenvalue weighted by Crippen LogP contribution is -2.54. The van der Waals surface area contributed by atoms with E-state index in [0.29, 0.717) is 18.8 Å². The van der Waals surface area contributed by atoms with Crippen molar-refractivity contribution in [1.29, 1.82) is 0 Å². The summed E-state index contributed by atoms with van der Waals surface area (Å²) in [6.45, 7) is 6.30. The van der Waals surface area contributed by atoms with Crippen LogP contribution < -0.4 is 10.7 Å². The number of urea groups is 1. The van der Waals surface area contributed by atoms with Gasteiger partial charge in [-0.05, 0) is 49.3 Å². The molecular weight excluding hydrogens is 418 g/mol. The van der Waals surface area contributed by atoms with E-state index in [0.717, 1.165) is 55.6 Å². The van der Waals surface area contributed by atoms with Gasteiger partial charge in [-0.25, -0.2) is 4.79 Å². The number of hydrazine groups is 1. The van der Waals surface area contributed by atoms with Gasteiger partial charge in [-0.1, -0.05) is 30.7 Å². The molecule has 31 heavy (non-hydrogen) atoms. The summed E-state index contributed by atoms with van der Waals surface area (Å²) >= 11 is 6.06. The SMILES string of the molecule is CC1CCC2(CC1)NC(=O)N(NC(=O)CN1CCN(Cc3cccc(Cl)c3)CC1)C2=O. The zero-order valence-corrected chi connectivity index (χ0v) is 18.7. The molecule has 9 heteroatoms. The number of benzene rings is 1. The fraction of sp³-hybridized carbons (Fsp3) is 0.591. The number of piperazine rings is 1. The molecule has 2 heterocycles. The minimum absolute atomic E-state index is 0.159. The molecule has 0 radical (unpaired) electrons. The lowest BCUT2D eigenvalue weighted by Gasteiger charge is -2.34. The van der Waals surface area contributed by atoms with Crippen molar-refractivity contribution in [1.82, 2.24) is 25.6 Å². The molecule has 168 valence electrons. The Morgan fingerprint density at radius 3 is 2.52 bits per heavy atom. The molecule has 3 fully saturated rings. The standard InChI is InChI=1S/C22H30ClN5O3/c1-16-5-7-22(8-6-16)20(30)28(21(31)24-22)25-19(29)15-27-11-9-26(10-12-27)14-17-3-2-4-18(23)13-17/h2-4,13,16H,5-12,14-15H2,1H3,(H,24,31)(H,25,29). The number of rotatable bonds is 5. The van der Waals surface area contributed by atoms with E-state index in [1.807, 2.05) is 23.1 Å². The van der Waals surface area contributed by atoms with Crippen molar-refractivity contribution in [2.45, 2.75) is 44.7 Å². The van der Waals surface area contributed by atoms with Crippen LogP contribution in [0.25, 0.3) is 0 Å². The molecule has 2 N–H and O–H groups in total. The summed E-state index contributed by atoms with van der Waals surface area (Å²) in [6, 6.07) is 7.32. The number of nitrogens with one attached hydrogen (secondary N) is 2. The third kappa shape index (κ3) is 5.02. The van der Waals surface area contributed by atoms with E-state index in [1.54, 1.807) is 0 Å². The van der Waals surface area contributed by atoms with Crippen LogP contribution in [0, 0.1) is 5.92 Å². The fourth-order valence-electron chi connectivity index (χ4n) is 4.68. The summed E-state index contributed by atoms with van der Waals surface area (Å²) in [7, 11) is 0. The van der Waals surface area contributed by atoms with Crippen molar-refractivity contribution in [3.05, 3.63) is 34.9 Å². The Bertz CT molecular complexity index is 847. The predicted molar refractivity (Wildman–Crippen MR) is 117 cm³/mol. The Labute approximate surface area is 187 Å². The van der Waals surface area contributed by atoms with Gasteiger partial charge in [0.25, 0.3) is 11.8 Å². The Morgan fingerprint density at radius 1 is 1.16 bits per heavy atom. The van der Waals surface area contributed by atoms with Crippen LogP contribution in [-0.4, -0.2) is 70.9 Å². The lowest BCUT2D eigenvalue weighted by molar-refractivity contribution is -0.140. The number of hydrogen-bond donors (Lipinski definition) is 2. The molecular formula is C22H30ClN5O3. The topological polar surface area (TPSA) is 85.0 Å². The van der Waals surface area contributed by atoms with Crippen molar-refractivity contribution in [2.24, 2.45) is 5.92 Å². The Balaban J connectivity index is 1.24. The monoisotopic (exact) mass is 447 g/mol. The van der Waals surface area contributed by atoms with E-state index < -0.39 is 11.6 Å². The maximum atomic E-state index is 12.9. The van der Waals surface area contributed by atoms with Crippen LogP contribution in [0.5, 0.6) is 0 Å². The molecule has 0 bridgehead atoms. The van der Waals surface area contributed by atoms with E-state index in [4.69, 9.17) is 11.6 Å². The van der Waals surface area contributed by atoms with Gasteiger partial charge in [0.15, 0.2) is 0 Å². The van der Waals surface area contributed by atoms with E-state index in [9.17, 15) is 14.4 Å². The van der Waals surface area contributed by atoms with Crippen molar-refractivity contribution >= 4 is 29.4 Å². The molecule has 2 aliphatic heterocycles. The average Bonchev–Trinajstić information content (AvgIpc) is 2.96. The van der Waals surface area contributed by atoms with Crippen LogP contribution in [-0.2, 0) is 16.1 Å². The summed E-state index contributed by atoms with van der Waals surface area (Å²) in [5.74, 6) is -0.117. The summed E-state index contributed by atoms with van der Waals surface area (Å²) in [5, 5.41) is 4.44. The van der Waals surface area contributed by atoms with Crippen LogP contribution in [0.3, 0.4) is 0 Å². The van der Waals surface area contributed by atoms with Gasteiger partial charge in [0.1, 0.15) is 5.54 Å². The zero-order valence-electron chi connectivity index (χ0n) is 17.9. The molecule has 1 aromatic carbocycles. The van der Waals surface area contributed by atoms with Crippen molar-refractivity contribution < 1.29 is 14.4 Å². The lowest BCUT2D eigenvalue weighted by atomic mass is 9.77. The first-order valence-corrected chi connectivity index (χ1v) is 11.4. The molecule has 1 aliphatic carbocycles. The van der Waals surface area contributed by atoms with E-state index in [1.165, 1.54) is 5.56 Å². The zero-order chi connectivity index (χ0) is 22.0.